The van der Waals surface area contributed by atoms with Gasteiger partial charge in [0.1, 0.15) is 0 Å². The second-order valence-electron chi connectivity index (χ2n) is 4.54. The lowest BCUT2D eigenvalue weighted by molar-refractivity contribution is -0.0275. The zero-order valence-corrected chi connectivity index (χ0v) is 11.8. The van der Waals surface area contributed by atoms with Gasteiger partial charge >= 0.3 is 0 Å². The first kappa shape index (κ1) is 13.7. The van der Waals surface area contributed by atoms with Crippen molar-refractivity contribution in [2.45, 2.75) is 55.5 Å². The van der Waals surface area contributed by atoms with Crippen LogP contribution in [0.2, 0.25) is 0 Å². The Labute approximate surface area is 107 Å². The number of aliphatic hydroxyl groups excluding tert-OH is 1. The predicted octanol–water partition coefficient (Wildman–Crippen LogP) is 3.16. The summed E-state index contributed by atoms with van der Waals surface area (Å²) < 4.78 is 6.49. The molecule has 90 valence electrons. The lowest BCUT2D eigenvalue weighted by Crippen LogP contribution is -2.29. The van der Waals surface area contributed by atoms with Gasteiger partial charge in [-0.25, -0.2) is 0 Å². The van der Waals surface area contributed by atoms with E-state index in [4.69, 9.17) is 9.84 Å². The number of hydrogen-bond donors (Lipinski definition) is 1. The molecule has 0 spiro atoms. The molecule has 3 atom stereocenters. The van der Waals surface area contributed by atoms with Crippen molar-refractivity contribution in [3.05, 3.63) is 0 Å². The van der Waals surface area contributed by atoms with E-state index in [1.807, 2.05) is 0 Å². The topological polar surface area (TPSA) is 29.5 Å². The van der Waals surface area contributed by atoms with Crippen molar-refractivity contribution in [3.63, 3.8) is 0 Å². The summed E-state index contributed by atoms with van der Waals surface area (Å²) in [6, 6.07) is 0. The Morgan fingerprint density at radius 2 is 2.13 bits per heavy atom. The van der Waals surface area contributed by atoms with Gasteiger partial charge in [0.15, 0.2) is 0 Å². The molecule has 3 heteroatoms. The highest BCUT2D eigenvalue weighted by molar-refractivity contribution is 14.1. The van der Waals surface area contributed by atoms with Gasteiger partial charge in [-0.05, 0) is 31.6 Å². The van der Waals surface area contributed by atoms with Gasteiger partial charge in [0.2, 0.25) is 0 Å². The van der Waals surface area contributed by atoms with Crippen LogP contribution in [0.4, 0.5) is 0 Å². The molecule has 0 saturated heterocycles. The smallest absolute Gasteiger partial charge is 0.0701 e. The van der Waals surface area contributed by atoms with Crippen LogP contribution in [-0.2, 0) is 4.74 Å². The lowest BCUT2D eigenvalue weighted by Gasteiger charge is -2.31. The minimum atomic E-state index is 0.159. The summed E-state index contributed by atoms with van der Waals surface area (Å²) in [4.78, 5) is 0. The lowest BCUT2D eigenvalue weighted by atomic mass is 9.83. The van der Waals surface area contributed by atoms with Crippen LogP contribution < -0.4 is 0 Å². The molecule has 0 aliphatic heterocycles. The predicted molar refractivity (Wildman–Crippen MR) is 71.5 cm³/mol. The Balaban J connectivity index is 2.29. The molecule has 0 aromatic rings. The zero-order valence-electron chi connectivity index (χ0n) is 9.62. The van der Waals surface area contributed by atoms with Crippen LogP contribution in [0.3, 0.4) is 0 Å². The zero-order chi connectivity index (χ0) is 11.1. The fraction of sp³-hybridized carbons (Fsp3) is 1.00. The molecule has 0 heterocycles. The fourth-order valence-electron chi connectivity index (χ4n) is 2.37. The Hall–Kier alpha value is 0.650. The van der Waals surface area contributed by atoms with E-state index in [0.29, 0.717) is 12.7 Å². The van der Waals surface area contributed by atoms with Crippen molar-refractivity contribution in [3.8, 4) is 0 Å². The average molecular weight is 326 g/mol. The molecule has 1 rings (SSSR count). The third kappa shape index (κ3) is 5.50. The molecule has 2 nitrogen and oxygen atoms in total. The maximum Gasteiger partial charge on any atom is 0.0701 e. The molecule has 1 aliphatic carbocycles. The van der Waals surface area contributed by atoms with Crippen molar-refractivity contribution in [2.75, 3.05) is 13.2 Å². The fourth-order valence-corrected chi connectivity index (χ4v) is 2.73. The quantitative estimate of drug-likeness (QED) is 0.600. The number of alkyl halides is 1. The van der Waals surface area contributed by atoms with E-state index >= 15 is 0 Å². The summed E-state index contributed by atoms with van der Waals surface area (Å²) in [7, 11) is 0. The third-order valence-electron chi connectivity index (χ3n) is 3.20. The van der Waals surface area contributed by atoms with Crippen molar-refractivity contribution >= 4 is 22.6 Å². The molecule has 0 aromatic carbocycles. The molecule has 1 fully saturated rings. The Morgan fingerprint density at radius 1 is 1.40 bits per heavy atom. The average Bonchev–Trinajstić information content (AvgIpc) is 2.24. The number of halogens is 1. The maximum absolute atomic E-state index is 8.78. The highest BCUT2D eigenvalue weighted by atomic mass is 127. The first-order chi connectivity index (χ1) is 7.24. The van der Waals surface area contributed by atoms with E-state index in [1.54, 1.807) is 0 Å². The van der Waals surface area contributed by atoms with Crippen LogP contribution in [-0.4, -0.2) is 28.3 Å². The van der Waals surface area contributed by atoms with E-state index in [1.165, 1.54) is 38.5 Å². The highest BCUT2D eigenvalue weighted by Crippen LogP contribution is 2.31. The van der Waals surface area contributed by atoms with Crippen molar-refractivity contribution in [1.29, 1.82) is 0 Å². The minimum Gasteiger partial charge on any atom is -0.394 e. The second-order valence-corrected chi connectivity index (χ2v) is 6.66. The van der Waals surface area contributed by atoms with Crippen molar-refractivity contribution in [2.24, 2.45) is 5.92 Å². The van der Waals surface area contributed by atoms with Gasteiger partial charge in [-0.3, -0.25) is 0 Å². The maximum atomic E-state index is 8.78. The Morgan fingerprint density at radius 3 is 2.80 bits per heavy atom. The van der Waals surface area contributed by atoms with Crippen molar-refractivity contribution in [1.82, 2.24) is 0 Å². The summed E-state index contributed by atoms with van der Waals surface area (Å²) >= 11 is 2.49. The standard InChI is InChI=1S/C12H23IO2/c1-10(13)6-7-11-4-2-3-5-12(11)15-9-8-14/h10-12,14H,2-9H2,1H3/t10-,11-,12-/m0/s1. The molecular formula is C12H23IO2. The second kappa shape index (κ2) is 7.85. The minimum absolute atomic E-state index is 0.159. The molecule has 0 radical (unpaired) electrons. The van der Waals surface area contributed by atoms with Crippen LogP contribution in [0.25, 0.3) is 0 Å². The van der Waals surface area contributed by atoms with E-state index < -0.39 is 0 Å². The van der Waals surface area contributed by atoms with Gasteiger partial charge in [-0.2, -0.15) is 0 Å². The van der Waals surface area contributed by atoms with Gasteiger partial charge < -0.3 is 9.84 Å². The van der Waals surface area contributed by atoms with Crippen molar-refractivity contribution < 1.29 is 9.84 Å². The summed E-state index contributed by atoms with van der Waals surface area (Å²) in [6.07, 6.45) is 8.18. The van der Waals surface area contributed by atoms with Crippen LogP contribution in [0, 0.1) is 5.92 Å². The molecule has 1 aliphatic rings. The van der Waals surface area contributed by atoms with Gasteiger partial charge in [0.25, 0.3) is 0 Å². The van der Waals surface area contributed by atoms with Crippen LogP contribution in [0.5, 0.6) is 0 Å². The molecule has 0 aromatic heterocycles. The monoisotopic (exact) mass is 326 g/mol. The summed E-state index contributed by atoms with van der Waals surface area (Å²) in [6.45, 7) is 2.94. The summed E-state index contributed by atoms with van der Waals surface area (Å²) in [5.74, 6) is 0.738. The summed E-state index contributed by atoms with van der Waals surface area (Å²) in [5, 5.41) is 8.78. The molecule has 15 heavy (non-hydrogen) atoms. The van der Waals surface area contributed by atoms with Gasteiger partial charge in [0.05, 0.1) is 19.3 Å². The molecule has 1 saturated carbocycles. The number of ether oxygens (including phenoxy) is 1. The third-order valence-corrected chi connectivity index (χ3v) is 3.82. The highest BCUT2D eigenvalue weighted by Gasteiger charge is 2.25. The first-order valence-corrected chi connectivity index (χ1v) is 7.35. The van der Waals surface area contributed by atoms with Gasteiger partial charge in [-0.15, -0.1) is 0 Å². The van der Waals surface area contributed by atoms with Crippen LogP contribution in [0.1, 0.15) is 45.4 Å². The molecule has 0 unspecified atom stereocenters. The Kier molecular flexibility index (Phi) is 7.17. The number of rotatable bonds is 6. The molecule has 1 N–H and O–H groups in total. The molecule has 0 bridgehead atoms. The number of aliphatic hydroxyl groups is 1. The van der Waals surface area contributed by atoms with Crippen LogP contribution >= 0.6 is 22.6 Å². The summed E-state index contributed by atoms with van der Waals surface area (Å²) in [5.41, 5.74) is 0. The number of hydrogen-bond acceptors (Lipinski definition) is 2. The van der Waals surface area contributed by atoms with E-state index in [2.05, 4.69) is 29.5 Å². The van der Waals surface area contributed by atoms with Crippen LogP contribution in [0.15, 0.2) is 0 Å². The first-order valence-electron chi connectivity index (χ1n) is 6.10. The van der Waals surface area contributed by atoms with Gasteiger partial charge in [0, 0.05) is 3.92 Å². The Bertz CT molecular complexity index is 162. The van der Waals surface area contributed by atoms with E-state index in [-0.39, 0.29) is 6.61 Å². The SMILES string of the molecule is C[C@H](I)CC[C@@H]1CCCC[C@@H]1OCCO. The normalized spacial score (nSPS) is 29.0. The van der Waals surface area contributed by atoms with Gasteiger partial charge in [-0.1, -0.05) is 42.4 Å². The van der Waals surface area contributed by atoms with E-state index in [0.717, 1.165) is 9.84 Å². The van der Waals surface area contributed by atoms with E-state index in [9.17, 15) is 0 Å². The largest absolute Gasteiger partial charge is 0.394 e. The molecular weight excluding hydrogens is 303 g/mol. The molecule has 0 amide bonds.